The van der Waals surface area contributed by atoms with Gasteiger partial charge in [0.05, 0.1) is 0 Å². The first-order chi connectivity index (χ1) is 29.7. The fraction of sp³-hybridized carbons (Fsp3) is 0. The quantitative estimate of drug-likeness (QED) is 0.167. The first kappa shape index (κ1) is 32.9. The molecule has 5 nitrogen and oxygen atoms in total. The molecule has 0 radical (unpaired) electrons. The van der Waals surface area contributed by atoms with Crippen molar-refractivity contribution in [2.24, 2.45) is 0 Å². The van der Waals surface area contributed by atoms with Crippen LogP contribution in [0.25, 0.3) is 132 Å². The highest BCUT2D eigenvalue weighted by molar-refractivity contribution is 6.16. The van der Waals surface area contributed by atoms with Gasteiger partial charge in [0.2, 0.25) is 0 Å². The lowest BCUT2D eigenvalue weighted by molar-refractivity contribution is 0.669. The van der Waals surface area contributed by atoms with Crippen LogP contribution in [0.2, 0.25) is 0 Å². The molecule has 3 heterocycles. The Kier molecular flexibility index (Phi) is 6.95. The molecule has 0 aliphatic carbocycles. The second-order valence-electron chi connectivity index (χ2n) is 15.5. The zero-order valence-electron chi connectivity index (χ0n) is 32.1. The van der Waals surface area contributed by atoms with Gasteiger partial charge in [-0.1, -0.05) is 146 Å². The predicted molar refractivity (Wildman–Crippen MR) is 246 cm³/mol. The molecule has 0 amide bonds. The SMILES string of the molecule is c1ccc2cc(-c3cccc4c3oc3cccc(-c5nc(-c6ccc7cc8c(cc7c6)oc6ccccc68)nc(-c6cc7ccccc7c7ccccc67)n5)c34)ccc2c1. The van der Waals surface area contributed by atoms with Gasteiger partial charge in [-0.05, 0) is 91.1 Å². The zero-order valence-corrected chi connectivity index (χ0v) is 32.1. The van der Waals surface area contributed by atoms with Gasteiger partial charge < -0.3 is 8.83 Å². The molecule has 5 heteroatoms. The van der Waals surface area contributed by atoms with E-state index < -0.39 is 0 Å². The summed E-state index contributed by atoms with van der Waals surface area (Å²) in [4.78, 5) is 16.0. The summed E-state index contributed by atoms with van der Waals surface area (Å²) in [7, 11) is 0. The third kappa shape index (κ3) is 5.03. The normalized spacial score (nSPS) is 12.0. The van der Waals surface area contributed by atoms with Crippen molar-refractivity contribution in [1.82, 2.24) is 15.0 Å². The molecule has 0 spiro atoms. The molecular formula is C55H31N3O2. The Bertz CT molecular complexity index is 3910. The molecule has 0 atom stereocenters. The van der Waals surface area contributed by atoms with Crippen molar-refractivity contribution < 1.29 is 8.83 Å². The van der Waals surface area contributed by atoms with Crippen LogP contribution in [-0.2, 0) is 0 Å². The van der Waals surface area contributed by atoms with Crippen LogP contribution in [0.15, 0.2) is 197 Å². The summed E-state index contributed by atoms with van der Waals surface area (Å²) in [6.45, 7) is 0. The van der Waals surface area contributed by atoms with E-state index in [-0.39, 0.29) is 0 Å². The number of furan rings is 2. The van der Waals surface area contributed by atoms with E-state index >= 15 is 0 Å². The predicted octanol–water partition coefficient (Wildman–Crippen LogP) is 15.0. The molecule has 0 saturated heterocycles. The van der Waals surface area contributed by atoms with Gasteiger partial charge in [-0.2, -0.15) is 0 Å². The van der Waals surface area contributed by atoms with Crippen molar-refractivity contribution in [1.29, 1.82) is 0 Å². The number of fused-ring (bicyclic) bond motifs is 11. The summed E-state index contributed by atoms with van der Waals surface area (Å²) in [5.41, 5.74) is 8.18. The maximum Gasteiger partial charge on any atom is 0.164 e. The van der Waals surface area contributed by atoms with Crippen molar-refractivity contribution in [3.63, 3.8) is 0 Å². The molecule has 0 aliphatic heterocycles. The number of para-hydroxylation sites is 2. The number of hydrogen-bond donors (Lipinski definition) is 0. The highest BCUT2D eigenvalue weighted by Gasteiger charge is 2.21. The van der Waals surface area contributed by atoms with Gasteiger partial charge in [0, 0.05) is 43.8 Å². The summed E-state index contributed by atoms with van der Waals surface area (Å²) in [6, 6.07) is 65.7. The van der Waals surface area contributed by atoms with Crippen molar-refractivity contribution >= 4 is 87.0 Å². The zero-order chi connectivity index (χ0) is 39.3. The van der Waals surface area contributed by atoms with Crippen molar-refractivity contribution in [2.45, 2.75) is 0 Å². The van der Waals surface area contributed by atoms with Gasteiger partial charge in [0.25, 0.3) is 0 Å². The summed E-state index contributed by atoms with van der Waals surface area (Å²) < 4.78 is 13.1. The lowest BCUT2D eigenvalue weighted by atomic mass is 9.96. The molecule has 0 N–H and O–H groups in total. The molecule has 3 aromatic heterocycles. The molecule has 0 unspecified atom stereocenters. The highest BCUT2D eigenvalue weighted by atomic mass is 16.3. The number of nitrogens with zero attached hydrogens (tertiary/aromatic N) is 3. The van der Waals surface area contributed by atoms with Gasteiger partial charge in [-0.25, -0.2) is 15.0 Å². The van der Waals surface area contributed by atoms with Gasteiger partial charge in [-0.3, -0.25) is 0 Å². The van der Waals surface area contributed by atoms with Gasteiger partial charge in [0.1, 0.15) is 22.3 Å². The maximum absolute atomic E-state index is 6.77. The summed E-state index contributed by atoms with van der Waals surface area (Å²) in [5, 5.41) is 13.3. The fourth-order valence-corrected chi connectivity index (χ4v) is 9.21. The third-order valence-electron chi connectivity index (χ3n) is 12.1. The van der Waals surface area contributed by atoms with E-state index in [2.05, 4.69) is 164 Å². The molecule has 13 aromatic rings. The van der Waals surface area contributed by atoms with E-state index in [4.69, 9.17) is 23.8 Å². The largest absolute Gasteiger partial charge is 0.456 e. The Balaban J connectivity index is 1.05. The summed E-state index contributed by atoms with van der Waals surface area (Å²) in [5.74, 6) is 1.76. The van der Waals surface area contributed by atoms with Crippen LogP contribution in [0.5, 0.6) is 0 Å². The molecule has 278 valence electrons. The van der Waals surface area contributed by atoms with Crippen LogP contribution in [0.1, 0.15) is 0 Å². The standard InChI is InChI=1S/C55H31N3O2/c1-2-12-33-27-36(25-23-32(33)11-1)40-18-9-19-44-51-45(20-10-22-49(51)60-52(40)44)54-56-53(37-26-24-34-29-46-43-17-7-8-21-48(43)59-50(46)31-38(34)28-37)57-55(58-54)47-30-35-13-3-4-14-39(35)41-15-5-6-16-42(41)47/h1-31H. The first-order valence-electron chi connectivity index (χ1n) is 20.2. The van der Waals surface area contributed by atoms with E-state index in [0.29, 0.717) is 17.5 Å². The van der Waals surface area contributed by atoms with Crippen molar-refractivity contribution in [3.8, 4) is 45.3 Å². The minimum Gasteiger partial charge on any atom is -0.456 e. The number of hydrogen-bond acceptors (Lipinski definition) is 5. The first-order valence-corrected chi connectivity index (χ1v) is 20.2. The van der Waals surface area contributed by atoms with E-state index in [0.717, 1.165) is 98.6 Å². The Morgan fingerprint density at radius 1 is 0.283 bits per heavy atom. The Hall–Kier alpha value is -8.15. The molecular weight excluding hydrogens is 735 g/mol. The summed E-state index contributed by atoms with van der Waals surface area (Å²) >= 11 is 0. The average Bonchev–Trinajstić information content (AvgIpc) is 3.88. The molecule has 0 fully saturated rings. The molecule has 10 aromatic carbocycles. The topological polar surface area (TPSA) is 65.0 Å². The second-order valence-corrected chi connectivity index (χ2v) is 15.5. The third-order valence-corrected chi connectivity index (χ3v) is 12.1. The van der Waals surface area contributed by atoms with Crippen LogP contribution in [-0.4, -0.2) is 15.0 Å². The number of rotatable bonds is 4. The van der Waals surface area contributed by atoms with Crippen LogP contribution in [0.4, 0.5) is 0 Å². The van der Waals surface area contributed by atoms with Crippen molar-refractivity contribution in [3.05, 3.63) is 188 Å². The fourth-order valence-electron chi connectivity index (χ4n) is 9.21. The van der Waals surface area contributed by atoms with Gasteiger partial charge >= 0.3 is 0 Å². The summed E-state index contributed by atoms with van der Waals surface area (Å²) in [6.07, 6.45) is 0. The Morgan fingerprint density at radius 3 is 1.80 bits per heavy atom. The van der Waals surface area contributed by atoms with E-state index in [1.54, 1.807) is 0 Å². The smallest absolute Gasteiger partial charge is 0.164 e. The van der Waals surface area contributed by atoms with Gasteiger partial charge in [0.15, 0.2) is 17.5 Å². The molecule has 60 heavy (non-hydrogen) atoms. The Morgan fingerprint density at radius 2 is 0.900 bits per heavy atom. The van der Waals surface area contributed by atoms with Crippen LogP contribution in [0.3, 0.4) is 0 Å². The second kappa shape index (κ2) is 12.7. The number of aromatic nitrogens is 3. The molecule has 0 bridgehead atoms. The number of benzene rings is 10. The lowest BCUT2D eigenvalue weighted by Gasteiger charge is -2.13. The minimum absolute atomic E-state index is 0.574. The Labute approximate surface area is 342 Å². The maximum atomic E-state index is 6.77. The van der Waals surface area contributed by atoms with E-state index in [9.17, 15) is 0 Å². The highest BCUT2D eigenvalue weighted by Crippen LogP contribution is 2.42. The van der Waals surface area contributed by atoms with E-state index in [1.165, 1.54) is 16.2 Å². The van der Waals surface area contributed by atoms with Crippen molar-refractivity contribution in [2.75, 3.05) is 0 Å². The minimum atomic E-state index is 0.574. The molecule has 13 rings (SSSR count). The van der Waals surface area contributed by atoms with Crippen LogP contribution in [0, 0.1) is 0 Å². The van der Waals surface area contributed by atoms with Gasteiger partial charge in [-0.15, -0.1) is 0 Å². The molecule has 0 saturated carbocycles. The lowest BCUT2D eigenvalue weighted by Crippen LogP contribution is -2.01. The molecule has 0 aliphatic rings. The average molecular weight is 766 g/mol. The van der Waals surface area contributed by atoms with E-state index in [1.807, 2.05) is 24.3 Å². The van der Waals surface area contributed by atoms with Crippen LogP contribution < -0.4 is 0 Å². The van der Waals surface area contributed by atoms with Crippen LogP contribution >= 0.6 is 0 Å². The monoisotopic (exact) mass is 765 g/mol.